The molecule has 0 aliphatic carbocycles. The Morgan fingerprint density at radius 1 is 1.50 bits per heavy atom. The summed E-state index contributed by atoms with van der Waals surface area (Å²) < 4.78 is 0. The largest absolute Gasteiger partial charge is 0.370 e. The van der Waals surface area contributed by atoms with E-state index in [1.54, 1.807) is 11.1 Å². The lowest BCUT2D eigenvalue weighted by atomic mass is 10.0. The molecule has 120 valence electrons. The number of nitrogens with two attached hydrogens (primary N) is 3. The van der Waals surface area contributed by atoms with Crippen LogP contribution in [-0.4, -0.2) is 35.4 Å². The minimum atomic E-state index is 0.0219. The minimum absolute atomic E-state index is 0.0219. The van der Waals surface area contributed by atoms with Crippen LogP contribution >= 0.6 is 11.3 Å². The lowest BCUT2D eigenvalue weighted by Crippen LogP contribution is -2.34. The lowest BCUT2D eigenvalue weighted by Gasteiger charge is -2.18. The highest BCUT2D eigenvalue weighted by atomic mass is 32.1. The maximum atomic E-state index is 8.44. The molecule has 0 amide bonds. The summed E-state index contributed by atoms with van der Waals surface area (Å²) in [7, 11) is 1.82. The van der Waals surface area contributed by atoms with Crippen LogP contribution in [-0.2, 0) is 6.42 Å². The molecule has 0 aliphatic heterocycles. The molecular formula is C13H22N8S. The predicted molar refractivity (Wildman–Crippen MR) is 89.6 cm³/mol. The Hall–Kier alpha value is -2.34. The van der Waals surface area contributed by atoms with Crippen molar-refractivity contribution >= 4 is 28.4 Å². The van der Waals surface area contributed by atoms with Crippen LogP contribution in [0.3, 0.4) is 0 Å². The third-order valence-corrected chi connectivity index (χ3v) is 3.85. The summed E-state index contributed by atoms with van der Waals surface area (Å²) >= 11 is 1.43. The van der Waals surface area contributed by atoms with E-state index in [4.69, 9.17) is 22.5 Å². The molecule has 8 nitrogen and oxygen atoms in total. The van der Waals surface area contributed by atoms with Gasteiger partial charge in [0.25, 0.3) is 0 Å². The van der Waals surface area contributed by atoms with Crippen molar-refractivity contribution < 1.29 is 0 Å². The molecule has 0 radical (unpaired) electrons. The summed E-state index contributed by atoms with van der Waals surface area (Å²) in [6, 6.07) is 0. The fourth-order valence-electron chi connectivity index (χ4n) is 1.94. The Morgan fingerprint density at radius 3 is 2.86 bits per heavy atom. The van der Waals surface area contributed by atoms with E-state index < -0.39 is 0 Å². The molecule has 1 rings (SSSR count). The van der Waals surface area contributed by atoms with Crippen molar-refractivity contribution in [2.75, 3.05) is 13.6 Å². The van der Waals surface area contributed by atoms with Gasteiger partial charge in [0.05, 0.1) is 5.69 Å². The van der Waals surface area contributed by atoms with Crippen molar-refractivity contribution in [2.45, 2.75) is 26.2 Å². The first-order valence-corrected chi connectivity index (χ1v) is 7.77. The van der Waals surface area contributed by atoms with Crippen LogP contribution in [0.5, 0.6) is 0 Å². The molecule has 1 aromatic rings. The highest BCUT2D eigenvalue weighted by Crippen LogP contribution is 2.21. The molecular weight excluding hydrogens is 300 g/mol. The van der Waals surface area contributed by atoms with Gasteiger partial charge in [0.2, 0.25) is 17.3 Å². The third-order valence-electron chi connectivity index (χ3n) is 3.07. The van der Waals surface area contributed by atoms with Gasteiger partial charge < -0.3 is 22.1 Å². The standard InChI is InChI=1S/C13H22N8S/c1-9(4-3-5-21(2)12(17)18-8-14)6-10-7-22-13(19-10)20-11(15)16/h7,9H,3-6H2,1-2H3,(H2,17,18)(H4,15,16,19,20). The van der Waals surface area contributed by atoms with E-state index >= 15 is 0 Å². The molecule has 1 unspecified atom stereocenters. The summed E-state index contributed by atoms with van der Waals surface area (Å²) in [6.07, 6.45) is 4.55. The average molecular weight is 322 g/mol. The van der Waals surface area contributed by atoms with Crippen molar-refractivity contribution in [1.29, 1.82) is 5.26 Å². The number of aromatic nitrogens is 1. The van der Waals surface area contributed by atoms with Crippen molar-refractivity contribution in [3.8, 4) is 6.19 Å². The number of hydrogen-bond acceptors (Lipinski definition) is 5. The number of nitriles is 1. The first-order valence-electron chi connectivity index (χ1n) is 6.89. The van der Waals surface area contributed by atoms with E-state index in [1.807, 2.05) is 12.4 Å². The van der Waals surface area contributed by atoms with Gasteiger partial charge in [0, 0.05) is 19.0 Å². The summed E-state index contributed by atoms with van der Waals surface area (Å²) in [5.41, 5.74) is 17.3. The van der Waals surface area contributed by atoms with Crippen LogP contribution < -0.4 is 17.2 Å². The number of rotatable bonds is 7. The molecule has 1 atom stereocenters. The smallest absolute Gasteiger partial charge is 0.212 e. The Bertz CT molecular complexity index is 567. The Labute approximate surface area is 134 Å². The van der Waals surface area contributed by atoms with Crippen molar-refractivity contribution in [2.24, 2.45) is 33.1 Å². The molecule has 0 saturated heterocycles. The van der Waals surface area contributed by atoms with Crippen LogP contribution in [0.1, 0.15) is 25.5 Å². The SMILES string of the molecule is CC(CCCN(C)C(N)=NC#N)Cc1csc(N=C(N)N)n1. The molecule has 0 aliphatic rings. The van der Waals surface area contributed by atoms with Gasteiger partial charge in [0.1, 0.15) is 0 Å². The lowest BCUT2D eigenvalue weighted by molar-refractivity contribution is 0.426. The Kier molecular flexibility index (Phi) is 7.12. The zero-order chi connectivity index (χ0) is 16.5. The summed E-state index contributed by atoms with van der Waals surface area (Å²) in [4.78, 5) is 13.6. The first kappa shape index (κ1) is 17.7. The Morgan fingerprint density at radius 2 is 2.23 bits per heavy atom. The maximum absolute atomic E-state index is 8.44. The monoisotopic (exact) mass is 322 g/mol. The zero-order valence-corrected chi connectivity index (χ0v) is 13.7. The molecule has 1 heterocycles. The van der Waals surface area contributed by atoms with Crippen LogP contribution in [0.2, 0.25) is 0 Å². The third kappa shape index (κ3) is 6.41. The topological polar surface area (TPSA) is 143 Å². The van der Waals surface area contributed by atoms with Gasteiger partial charge >= 0.3 is 0 Å². The van der Waals surface area contributed by atoms with E-state index in [-0.39, 0.29) is 11.9 Å². The Balaban J connectivity index is 2.36. The van der Waals surface area contributed by atoms with E-state index in [9.17, 15) is 0 Å². The predicted octanol–water partition coefficient (Wildman–Crippen LogP) is 0.734. The number of nitrogens with zero attached hydrogens (tertiary/aromatic N) is 5. The minimum Gasteiger partial charge on any atom is -0.370 e. The maximum Gasteiger partial charge on any atom is 0.212 e. The van der Waals surface area contributed by atoms with E-state index in [0.29, 0.717) is 11.0 Å². The number of hydrogen-bond donors (Lipinski definition) is 3. The fraction of sp³-hybridized carbons (Fsp3) is 0.538. The molecule has 0 saturated carbocycles. The first-order chi connectivity index (χ1) is 10.4. The van der Waals surface area contributed by atoms with Gasteiger partial charge in [-0.05, 0) is 25.2 Å². The zero-order valence-electron chi connectivity index (χ0n) is 12.9. The molecule has 0 spiro atoms. The average Bonchev–Trinajstić information content (AvgIpc) is 2.85. The van der Waals surface area contributed by atoms with Gasteiger partial charge in [-0.3, -0.25) is 0 Å². The molecule has 1 aromatic heterocycles. The van der Waals surface area contributed by atoms with E-state index in [2.05, 4.69) is 21.9 Å². The second-order valence-electron chi connectivity index (χ2n) is 5.10. The molecule has 0 aromatic carbocycles. The van der Waals surface area contributed by atoms with Gasteiger partial charge in [-0.25, -0.2) is 4.98 Å². The van der Waals surface area contributed by atoms with Crippen molar-refractivity contribution in [1.82, 2.24) is 9.88 Å². The summed E-state index contributed by atoms with van der Waals surface area (Å²) in [5, 5.41) is 11.0. The van der Waals surface area contributed by atoms with Crippen LogP contribution in [0.15, 0.2) is 15.4 Å². The highest BCUT2D eigenvalue weighted by molar-refractivity contribution is 7.13. The normalized spacial score (nSPS) is 12.5. The number of thiazole rings is 1. The summed E-state index contributed by atoms with van der Waals surface area (Å²) in [6.45, 7) is 2.93. The molecule has 22 heavy (non-hydrogen) atoms. The van der Waals surface area contributed by atoms with Crippen LogP contribution in [0.4, 0.5) is 5.13 Å². The summed E-state index contributed by atoms with van der Waals surface area (Å²) in [5.74, 6) is 0.752. The van der Waals surface area contributed by atoms with Crippen molar-refractivity contribution in [3.05, 3.63) is 11.1 Å². The van der Waals surface area contributed by atoms with Gasteiger partial charge in [-0.1, -0.05) is 6.92 Å². The molecule has 0 bridgehead atoms. The van der Waals surface area contributed by atoms with E-state index in [1.165, 1.54) is 11.3 Å². The number of guanidine groups is 2. The molecule has 6 N–H and O–H groups in total. The number of aliphatic imine (C=N–C) groups is 2. The highest BCUT2D eigenvalue weighted by Gasteiger charge is 2.09. The van der Waals surface area contributed by atoms with Gasteiger partial charge in [0.15, 0.2) is 5.96 Å². The second-order valence-corrected chi connectivity index (χ2v) is 5.94. The fourth-order valence-corrected chi connectivity index (χ4v) is 2.66. The van der Waals surface area contributed by atoms with Crippen molar-refractivity contribution in [3.63, 3.8) is 0 Å². The van der Waals surface area contributed by atoms with Crippen LogP contribution in [0.25, 0.3) is 0 Å². The second kappa shape index (κ2) is 8.84. The van der Waals surface area contributed by atoms with E-state index in [0.717, 1.165) is 31.5 Å². The van der Waals surface area contributed by atoms with Crippen LogP contribution in [0, 0.1) is 17.4 Å². The quantitative estimate of drug-likeness (QED) is 0.384. The molecule has 9 heteroatoms. The van der Waals surface area contributed by atoms with Gasteiger partial charge in [-0.15, -0.1) is 16.3 Å². The molecule has 0 fully saturated rings. The van der Waals surface area contributed by atoms with Gasteiger partial charge in [-0.2, -0.15) is 10.3 Å².